The van der Waals surface area contributed by atoms with E-state index in [1.165, 1.54) is 16.8 Å². The maximum atomic E-state index is 14.5. The molecule has 0 radical (unpaired) electrons. The van der Waals surface area contributed by atoms with Gasteiger partial charge in [0.1, 0.15) is 24.8 Å². The molecule has 1 atom stereocenters. The summed E-state index contributed by atoms with van der Waals surface area (Å²) in [6.45, 7) is 11.1. The standard InChI is InChI=1S/C53H62BrN10O5P/c1-4-34-30-41(58-52-55-32-38(54)49(60-52)57-40-13-12-39-37(11-10-33(2)56-39)48(40)70(68)28-5-6-29-70)45(69-3)31-44(34)63-22-17-36(18-23-63)62-26-24-61(25-27-62)21-16-35-8-7-9-42-47(35)53(19-20-53)51(67)64(42)43-14-15-46(65)59-50(43)66/h7-13,30-32,36,43H,4-6,14-29H2,1-3H3,(H,59,65,66)(H2,55,57,58,60). The Bertz CT molecular complexity index is 2940. The molecular weight excluding hydrogens is 968 g/mol. The second kappa shape index (κ2) is 19.0. The summed E-state index contributed by atoms with van der Waals surface area (Å²) in [5.74, 6) is 1.10. The number of nitrogens with one attached hydrogen (secondary N) is 3. The summed E-state index contributed by atoms with van der Waals surface area (Å²) in [5.41, 5.74) is 8.46. The number of carbonyl (C=O) groups excluding carboxylic acids is 3. The Morgan fingerprint density at radius 1 is 0.886 bits per heavy atom. The highest BCUT2D eigenvalue weighted by Gasteiger charge is 2.62. The molecule has 1 spiro atoms. The van der Waals surface area contributed by atoms with Crippen LogP contribution in [0, 0.1) is 6.92 Å². The van der Waals surface area contributed by atoms with Crippen molar-refractivity contribution in [1.82, 2.24) is 30.1 Å². The van der Waals surface area contributed by atoms with Gasteiger partial charge in [0, 0.05) is 111 Å². The molecule has 5 fully saturated rings. The summed E-state index contributed by atoms with van der Waals surface area (Å²) in [7, 11) is -0.933. The Morgan fingerprint density at radius 2 is 1.67 bits per heavy atom. The Hall–Kier alpha value is -5.41. The van der Waals surface area contributed by atoms with Crippen LogP contribution in [0.1, 0.15) is 80.7 Å². The van der Waals surface area contributed by atoms with Crippen LogP contribution in [0.4, 0.5) is 34.5 Å². The minimum atomic E-state index is -2.64. The Labute approximate surface area is 418 Å². The maximum absolute atomic E-state index is 14.5. The van der Waals surface area contributed by atoms with E-state index in [1.807, 2.05) is 37.3 Å². The topological polar surface area (TPSA) is 165 Å². The van der Waals surface area contributed by atoms with Crippen LogP contribution in [-0.2, 0) is 37.2 Å². The number of anilines is 6. The number of halogens is 1. The van der Waals surface area contributed by atoms with E-state index in [-0.39, 0.29) is 24.1 Å². The van der Waals surface area contributed by atoms with Crippen molar-refractivity contribution in [3.8, 4) is 5.75 Å². The van der Waals surface area contributed by atoms with Crippen molar-refractivity contribution in [3.63, 3.8) is 0 Å². The molecule has 366 valence electrons. The molecule has 1 saturated carbocycles. The SMILES string of the molecule is CCc1cc(Nc2ncc(Br)c(Nc3ccc4nc(C)ccc4c3P3(=O)CCCC3)n2)c(OC)cc1N1CCC(N2CCN(CCc3cccc4c3C3(CC3)C(=O)N4C3CCC(=O)NC3=O)CC2)CC1. The number of pyridine rings is 1. The van der Waals surface area contributed by atoms with Crippen molar-refractivity contribution in [1.29, 1.82) is 0 Å². The average Bonchev–Trinajstić information content (AvgIpc) is 3.99. The third-order valence-electron chi connectivity index (χ3n) is 15.9. The number of nitrogens with zero attached hydrogens (tertiary/aromatic N) is 7. The van der Waals surface area contributed by atoms with Crippen molar-refractivity contribution >= 4 is 91.5 Å². The lowest BCUT2D eigenvalue weighted by Crippen LogP contribution is -2.54. The molecule has 5 aromatic rings. The first kappa shape index (κ1) is 46.9. The van der Waals surface area contributed by atoms with Gasteiger partial charge in [0.15, 0.2) is 0 Å². The van der Waals surface area contributed by atoms with Gasteiger partial charge < -0.3 is 29.7 Å². The minimum Gasteiger partial charge on any atom is -0.494 e. The predicted octanol–water partition coefficient (Wildman–Crippen LogP) is 7.95. The van der Waals surface area contributed by atoms with Gasteiger partial charge in [-0.3, -0.25) is 34.5 Å². The van der Waals surface area contributed by atoms with Gasteiger partial charge in [-0.15, -0.1) is 0 Å². The van der Waals surface area contributed by atoms with E-state index in [0.29, 0.717) is 41.0 Å². The van der Waals surface area contributed by atoms with Crippen LogP contribution in [0.15, 0.2) is 65.3 Å². The zero-order chi connectivity index (χ0) is 48.3. The van der Waals surface area contributed by atoms with Gasteiger partial charge in [-0.2, -0.15) is 4.98 Å². The number of fused-ring (bicyclic) bond motifs is 3. The van der Waals surface area contributed by atoms with Gasteiger partial charge in [-0.25, -0.2) is 4.98 Å². The number of amides is 3. The van der Waals surface area contributed by atoms with Gasteiger partial charge in [-0.05, 0) is 128 Å². The van der Waals surface area contributed by atoms with E-state index in [1.54, 1.807) is 18.2 Å². The molecule has 7 heterocycles. The van der Waals surface area contributed by atoms with E-state index in [2.05, 4.69) is 82.8 Å². The van der Waals surface area contributed by atoms with E-state index >= 15 is 0 Å². The van der Waals surface area contributed by atoms with Crippen molar-refractivity contribution < 1.29 is 23.7 Å². The number of aryl methyl sites for hydroxylation is 2. The zero-order valence-electron chi connectivity index (χ0n) is 40.4. The lowest BCUT2D eigenvalue weighted by Gasteiger charge is -2.43. The van der Waals surface area contributed by atoms with E-state index in [0.717, 1.165) is 147 Å². The van der Waals surface area contributed by atoms with Crippen LogP contribution in [-0.4, -0.2) is 120 Å². The highest BCUT2D eigenvalue weighted by atomic mass is 79.9. The Kier molecular flexibility index (Phi) is 12.7. The molecular formula is C53H62BrN10O5P. The predicted molar refractivity (Wildman–Crippen MR) is 279 cm³/mol. The number of methoxy groups -OCH3 is 1. The van der Waals surface area contributed by atoms with Gasteiger partial charge in [0.05, 0.1) is 33.9 Å². The molecule has 3 amide bonds. The third kappa shape index (κ3) is 8.66. The lowest BCUT2D eigenvalue weighted by molar-refractivity contribution is -0.135. The summed E-state index contributed by atoms with van der Waals surface area (Å²) >= 11 is 3.68. The molecule has 11 rings (SSSR count). The first-order chi connectivity index (χ1) is 33.9. The normalized spacial score (nSPS) is 21.4. The van der Waals surface area contributed by atoms with Crippen LogP contribution < -0.4 is 35.8 Å². The number of piperidine rings is 2. The van der Waals surface area contributed by atoms with Crippen molar-refractivity contribution in [2.75, 3.05) is 85.7 Å². The number of imide groups is 1. The fraction of sp³-hybridized carbons (Fsp3) is 0.472. The molecule has 3 aromatic carbocycles. The summed E-state index contributed by atoms with van der Waals surface area (Å²) in [6.07, 6.45) is 11.2. The molecule has 6 aliphatic rings. The van der Waals surface area contributed by atoms with E-state index in [4.69, 9.17) is 14.7 Å². The number of carbonyl (C=O) groups is 3. The van der Waals surface area contributed by atoms with Crippen molar-refractivity contribution in [3.05, 3.63) is 87.7 Å². The molecule has 70 heavy (non-hydrogen) atoms. The highest BCUT2D eigenvalue weighted by molar-refractivity contribution is 9.10. The minimum absolute atomic E-state index is 0.0270. The monoisotopic (exact) mass is 1030 g/mol. The van der Waals surface area contributed by atoms with Gasteiger partial charge in [0.25, 0.3) is 0 Å². The van der Waals surface area contributed by atoms with Gasteiger partial charge in [-0.1, -0.05) is 25.1 Å². The van der Waals surface area contributed by atoms with Crippen LogP contribution in [0.2, 0.25) is 0 Å². The number of rotatable bonds is 13. The summed E-state index contributed by atoms with van der Waals surface area (Å²) < 4.78 is 21.2. The average molecular weight is 1030 g/mol. The highest BCUT2D eigenvalue weighted by Crippen LogP contribution is 2.59. The van der Waals surface area contributed by atoms with Crippen molar-refractivity contribution in [2.45, 2.75) is 95.6 Å². The first-order valence-electron chi connectivity index (χ1n) is 25.2. The smallest absolute Gasteiger partial charge is 0.249 e. The first-order valence-corrected chi connectivity index (χ1v) is 28.1. The number of hydrogen-bond acceptors (Lipinski definition) is 13. The Balaban J connectivity index is 0.718. The van der Waals surface area contributed by atoms with Crippen LogP contribution in [0.3, 0.4) is 0 Å². The fourth-order valence-corrected chi connectivity index (χ4v) is 15.7. The molecule has 0 bridgehead atoms. The molecule has 3 N–H and O–H groups in total. The lowest BCUT2D eigenvalue weighted by atomic mass is 9.91. The third-order valence-corrected chi connectivity index (χ3v) is 19.9. The number of benzene rings is 3. The molecule has 4 saturated heterocycles. The number of aromatic nitrogens is 3. The number of hydrogen-bond donors (Lipinski definition) is 3. The quantitative estimate of drug-likeness (QED) is 0.0770. The summed E-state index contributed by atoms with van der Waals surface area (Å²) in [4.78, 5) is 62.5. The fourth-order valence-electron chi connectivity index (χ4n) is 12.0. The van der Waals surface area contributed by atoms with Crippen LogP contribution in [0.25, 0.3) is 10.9 Å². The van der Waals surface area contributed by atoms with E-state index in [9.17, 15) is 18.9 Å². The summed E-state index contributed by atoms with van der Waals surface area (Å²) in [5, 5.41) is 11.2. The zero-order valence-corrected chi connectivity index (χ0v) is 42.8. The van der Waals surface area contributed by atoms with E-state index < -0.39 is 18.6 Å². The molecule has 2 aromatic heterocycles. The molecule has 1 aliphatic carbocycles. The van der Waals surface area contributed by atoms with Crippen molar-refractivity contribution in [2.24, 2.45) is 0 Å². The number of ether oxygens (including phenoxy) is 1. The van der Waals surface area contributed by atoms with Crippen LogP contribution in [0.5, 0.6) is 5.75 Å². The molecule has 17 heteroatoms. The number of piperazine rings is 1. The molecule has 5 aliphatic heterocycles. The Morgan fingerprint density at radius 3 is 2.40 bits per heavy atom. The second-order valence-corrected chi connectivity index (χ2v) is 24.1. The van der Waals surface area contributed by atoms with Gasteiger partial charge in [0.2, 0.25) is 23.7 Å². The van der Waals surface area contributed by atoms with Crippen LogP contribution >= 0.6 is 23.1 Å². The summed E-state index contributed by atoms with van der Waals surface area (Å²) in [6, 6.07) is 18.4. The maximum Gasteiger partial charge on any atom is 0.249 e. The van der Waals surface area contributed by atoms with Gasteiger partial charge >= 0.3 is 0 Å². The second-order valence-electron chi connectivity index (χ2n) is 20.1. The molecule has 1 unspecified atom stereocenters. The largest absolute Gasteiger partial charge is 0.494 e. The molecule has 15 nitrogen and oxygen atoms in total.